The molecule has 6 amide bonds. The molecule has 144 heavy (non-hydrogen) atoms. The second-order valence-corrected chi connectivity index (χ2v) is 32.6. The molecule has 12 aromatic rings. The van der Waals surface area contributed by atoms with Crippen LogP contribution in [0.2, 0.25) is 0 Å². The Hall–Kier alpha value is -16.6. The van der Waals surface area contributed by atoms with Gasteiger partial charge in [0.2, 0.25) is 5.78 Å². The third-order valence-electron chi connectivity index (χ3n) is 22.2. The van der Waals surface area contributed by atoms with E-state index in [1.807, 2.05) is 89.4 Å². The Morgan fingerprint density at radius 2 is 0.604 bits per heavy atom. The number of unbranched alkanes of at least 4 members (excludes halogenated alkanes) is 9. The van der Waals surface area contributed by atoms with Crippen LogP contribution < -0.4 is 47.9 Å². The molecule has 6 aromatic heterocycles. The molecule has 0 aliphatic rings. The van der Waals surface area contributed by atoms with Crippen molar-refractivity contribution >= 4 is 151 Å². The fraction of sp³-hybridized carbons (Fsp3) is 0.352. The number of carbonyl (C=O) groups excluding carboxylic acids is 10. The SMILES string of the molecule is CC(=O)C(=O)O.CCCCCCOC(=O)/N=C(/N)c1ccc(NCc2nc3cc(C(=O)N(CCC(=O)OCC)c4ccccn4)ccc3n2C)cc1.CCCCCCOC(=O)/N=C(/N)c1ccc(NCc2nc3cc(C(=O)N(CCC(=O)OCC)c4ccccn4)ccc3n2C)cc1.CCCCCCOC(=O)/N=C(/N)c1ccc(NCc2nc3cc(C(=O)N(CCC(=O)OCC)c4ccccn4)ccc3n2C)cc1. The predicted octanol–water partition coefficient (Wildman–Crippen LogP) is 16.5. The summed E-state index contributed by atoms with van der Waals surface area (Å²) in [6.45, 7) is 16.1. The van der Waals surface area contributed by atoms with E-state index in [9.17, 15) is 52.7 Å². The molecule has 39 nitrogen and oxygen atoms in total. The highest BCUT2D eigenvalue weighted by Crippen LogP contribution is 2.28. The number of ether oxygens (including phenoxy) is 6. The van der Waals surface area contributed by atoms with Gasteiger partial charge in [0.25, 0.3) is 17.7 Å². The Morgan fingerprint density at radius 3 is 0.833 bits per heavy atom. The lowest BCUT2D eigenvalue weighted by Crippen LogP contribution is -2.34. The monoisotopic (exact) mass is 1970 g/mol. The van der Waals surface area contributed by atoms with Gasteiger partial charge in [-0.2, -0.15) is 15.0 Å². The van der Waals surface area contributed by atoms with Crippen molar-refractivity contribution in [3.05, 3.63) is 251 Å². The first-order chi connectivity index (χ1) is 69.5. The van der Waals surface area contributed by atoms with E-state index in [2.05, 4.69) is 66.7 Å². The summed E-state index contributed by atoms with van der Waals surface area (Å²) < 4.78 is 36.4. The first-order valence-electron chi connectivity index (χ1n) is 47.9. The number of hydrogen-bond acceptors (Lipinski definition) is 26. The number of anilines is 6. The van der Waals surface area contributed by atoms with E-state index in [0.29, 0.717) is 107 Å². The number of aromatic nitrogens is 9. The second-order valence-electron chi connectivity index (χ2n) is 32.6. The molecule has 0 fully saturated rings. The van der Waals surface area contributed by atoms with Gasteiger partial charge < -0.3 is 80.4 Å². The number of pyridine rings is 3. The first kappa shape index (κ1) is 111. The van der Waals surface area contributed by atoms with E-state index in [1.54, 1.807) is 167 Å². The number of carbonyl (C=O) groups is 11. The van der Waals surface area contributed by atoms with Gasteiger partial charge in [-0.3, -0.25) is 48.3 Å². The third-order valence-corrected chi connectivity index (χ3v) is 22.2. The molecule has 6 heterocycles. The number of rotatable bonds is 46. The van der Waals surface area contributed by atoms with Crippen molar-refractivity contribution in [2.45, 2.75) is 164 Å². The molecule has 760 valence electrons. The Balaban J connectivity index is 0.000000234. The Morgan fingerprint density at radius 1 is 0.347 bits per heavy atom. The highest BCUT2D eigenvalue weighted by Gasteiger charge is 2.27. The van der Waals surface area contributed by atoms with E-state index >= 15 is 0 Å². The van der Waals surface area contributed by atoms with Gasteiger partial charge >= 0.3 is 42.2 Å². The van der Waals surface area contributed by atoms with Crippen molar-refractivity contribution < 1.29 is 86.3 Å². The van der Waals surface area contributed by atoms with E-state index in [-0.39, 0.29) is 112 Å². The van der Waals surface area contributed by atoms with Crippen molar-refractivity contribution in [2.24, 2.45) is 53.3 Å². The molecule has 0 saturated heterocycles. The van der Waals surface area contributed by atoms with Crippen LogP contribution in [0.3, 0.4) is 0 Å². The fourth-order valence-corrected chi connectivity index (χ4v) is 14.4. The van der Waals surface area contributed by atoms with Gasteiger partial charge in [0.15, 0.2) is 0 Å². The maximum Gasteiger partial charge on any atom is 0.435 e. The average molecular weight is 1970 g/mol. The summed E-state index contributed by atoms with van der Waals surface area (Å²) in [5, 5.41) is 17.7. The Kier molecular flexibility index (Phi) is 45.0. The van der Waals surface area contributed by atoms with Gasteiger partial charge in [-0.05, 0) is 204 Å². The Labute approximate surface area is 835 Å². The Bertz CT molecular complexity index is 5770. The highest BCUT2D eigenvalue weighted by atomic mass is 16.6. The number of fused-ring (bicyclic) bond motifs is 3. The molecule has 0 atom stereocenters. The molecule has 0 aliphatic carbocycles. The number of hydrogen-bond donors (Lipinski definition) is 7. The molecule has 39 heteroatoms. The number of carboxylic acids is 1. The normalized spacial score (nSPS) is 11.2. The molecular formula is C105H127N21O18. The number of esters is 3. The number of amides is 6. The summed E-state index contributed by atoms with van der Waals surface area (Å²) in [6, 6.07) is 53.6. The minimum atomic E-state index is -1.38. The highest BCUT2D eigenvalue weighted by molar-refractivity contribution is 6.31. The first-order valence-corrected chi connectivity index (χ1v) is 47.9. The maximum atomic E-state index is 13.6. The lowest BCUT2D eigenvalue weighted by atomic mass is 10.1. The number of aryl methyl sites for hydroxylation is 3. The number of carboxylic acid groups (broad SMARTS) is 1. The van der Waals surface area contributed by atoms with Crippen LogP contribution in [0, 0.1) is 0 Å². The molecule has 6 aromatic carbocycles. The molecule has 0 unspecified atom stereocenters. The van der Waals surface area contributed by atoms with Crippen LogP contribution in [0.1, 0.15) is 210 Å². The number of ketones is 1. The number of nitrogens with zero attached hydrogens (tertiary/aromatic N) is 15. The van der Waals surface area contributed by atoms with E-state index in [4.69, 9.17) is 65.7 Å². The maximum absolute atomic E-state index is 13.6. The van der Waals surface area contributed by atoms with Crippen LogP contribution in [0.5, 0.6) is 0 Å². The zero-order valence-electron chi connectivity index (χ0n) is 83.0. The third kappa shape index (κ3) is 34.7. The summed E-state index contributed by atoms with van der Waals surface area (Å²) in [7, 11) is 5.74. The standard InChI is InChI=1S/3C34H41N7O5.C3H4O3/c3*1-4-6-7-10-21-46-34(44)39-32(35)24-12-15-26(16-13-24)37-23-30-38-27-22-25(14-17-28(27)40(30)3)33(43)41(20-18-31(42)45-5-2)29-11-8-9-19-36-29;1-2(4)3(5)6/h3*8-9,11-17,19,22,37H,4-7,10,18,20-21,23H2,1-3H3,(H2,35,39,44);1H3,(H,5,6). The zero-order valence-corrected chi connectivity index (χ0v) is 83.0. The molecule has 12 rings (SSSR count). The van der Waals surface area contributed by atoms with Crippen molar-refractivity contribution in [3.63, 3.8) is 0 Å². The van der Waals surface area contributed by atoms with Crippen molar-refractivity contribution in [3.8, 4) is 0 Å². The number of nitrogens with two attached hydrogens (primary N) is 3. The number of aliphatic imine (C=N–C) groups is 3. The van der Waals surface area contributed by atoms with E-state index in [1.165, 1.54) is 14.7 Å². The smallest absolute Gasteiger partial charge is 0.435 e. The summed E-state index contributed by atoms with van der Waals surface area (Å²) >= 11 is 0. The number of Topliss-reactive ketones (excluding diaryl/α,β-unsaturated/α-hetero) is 1. The number of aliphatic carboxylic acids is 1. The van der Waals surface area contributed by atoms with Crippen LogP contribution in [-0.2, 0) is 93.2 Å². The largest absolute Gasteiger partial charge is 0.476 e. The molecule has 10 N–H and O–H groups in total. The van der Waals surface area contributed by atoms with Crippen LogP contribution in [-0.4, -0.2) is 191 Å². The fourth-order valence-electron chi connectivity index (χ4n) is 14.4. The summed E-state index contributed by atoms with van der Waals surface area (Å²) in [5.41, 5.74) is 28.2. The lowest BCUT2D eigenvalue weighted by Gasteiger charge is -2.21. The number of imidazole rings is 3. The van der Waals surface area contributed by atoms with Crippen LogP contribution in [0.15, 0.2) is 216 Å². The minimum Gasteiger partial charge on any atom is -0.476 e. The van der Waals surface area contributed by atoms with E-state index in [0.717, 1.165) is 135 Å². The van der Waals surface area contributed by atoms with E-state index < -0.39 is 30.0 Å². The number of amidine groups is 3. The van der Waals surface area contributed by atoms with Crippen molar-refractivity contribution in [2.75, 3.05) is 89.9 Å². The van der Waals surface area contributed by atoms with Gasteiger partial charge in [0.05, 0.1) is 112 Å². The topological polar surface area (TPSA) is 516 Å². The number of nitrogens with one attached hydrogen (secondary N) is 3. The molecule has 0 spiro atoms. The predicted molar refractivity (Wildman–Crippen MR) is 552 cm³/mol. The van der Waals surface area contributed by atoms with Crippen molar-refractivity contribution in [1.82, 2.24) is 43.6 Å². The lowest BCUT2D eigenvalue weighted by molar-refractivity contribution is -0.148. The number of benzene rings is 6. The molecular weight excluding hydrogens is 1840 g/mol. The van der Waals surface area contributed by atoms with Crippen molar-refractivity contribution in [1.29, 1.82) is 0 Å². The van der Waals surface area contributed by atoms with Crippen LogP contribution in [0.25, 0.3) is 33.1 Å². The average Bonchev–Trinajstić information content (AvgIpc) is 1.65. The van der Waals surface area contributed by atoms with Gasteiger partial charge in [-0.15, -0.1) is 0 Å². The molecule has 0 radical (unpaired) electrons. The molecule has 0 saturated carbocycles. The minimum absolute atomic E-state index is 0.0455. The summed E-state index contributed by atoms with van der Waals surface area (Å²) in [4.78, 5) is 175. The van der Waals surface area contributed by atoms with Gasteiger partial charge in [0.1, 0.15) is 52.4 Å². The van der Waals surface area contributed by atoms with Crippen LogP contribution in [0.4, 0.5) is 48.9 Å². The van der Waals surface area contributed by atoms with Gasteiger partial charge in [-0.1, -0.05) is 96.8 Å². The second kappa shape index (κ2) is 58.4. The van der Waals surface area contributed by atoms with Crippen LogP contribution >= 0.6 is 0 Å². The summed E-state index contributed by atoms with van der Waals surface area (Å²) in [6.07, 6.45) is 15.0. The van der Waals surface area contributed by atoms with Gasteiger partial charge in [-0.25, -0.2) is 49.1 Å². The van der Waals surface area contributed by atoms with Gasteiger partial charge in [0, 0.05) is 117 Å². The zero-order chi connectivity index (χ0) is 104. The summed E-state index contributed by atoms with van der Waals surface area (Å²) in [5.74, 6) is -0.344. The quantitative estimate of drug-likeness (QED) is 0.00465. The molecule has 0 aliphatic heterocycles. The molecule has 0 bridgehead atoms.